The predicted octanol–water partition coefficient (Wildman–Crippen LogP) is 1.34. The first-order chi connectivity index (χ1) is 7.22. The van der Waals surface area contributed by atoms with E-state index in [1.165, 1.54) is 7.11 Å². The van der Waals surface area contributed by atoms with Gasteiger partial charge in [0, 0.05) is 11.7 Å². The normalized spacial score (nSPS) is 12.7. The highest BCUT2D eigenvalue weighted by Crippen LogP contribution is 2.18. The van der Waals surface area contributed by atoms with Crippen LogP contribution in [0.25, 0.3) is 10.9 Å². The predicted molar refractivity (Wildman–Crippen MR) is 57.2 cm³/mol. The number of H-pyrrole nitrogens is 1. The Bertz CT molecular complexity index is 490. The molecule has 0 aliphatic carbocycles. The van der Waals surface area contributed by atoms with Gasteiger partial charge in [-0.2, -0.15) is 0 Å². The Morgan fingerprint density at radius 2 is 2.27 bits per heavy atom. The first kappa shape index (κ1) is 9.73. The number of nitrogens with two attached hydrogens (primary N) is 1. The maximum absolute atomic E-state index is 11.2. The van der Waals surface area contributed by atoms with Crippen LogP contribution in [0.3, 0.4) is 0 Å². The maximum atomic E-state index is 11.2. The number of benzene rings is 1. The van der Waals surface area contributed by atoms with Crippen LogP contribution in [0.2, 0.25) is 0 Å². The fourth-order valence-corrected chi connectivity index (χ4v) is 1.52. The number of hydrogen-bond acceptors (Lipinski definition) is 3. The summed E-state index contributed by atoms with van der Waals surface area (Å²) in [6.45, 7) is 0. The Kier molecular flexibility index (Phi) is 2.43. The summed E-state index contributed by atoms with van der Waals surface area (Å²) in [5, 5.41) is 1.09. The van der Waals surface area contributed by atoms with Gasteiger partial charge in [-0.25, -0.2) is 0 Å². The number of fused-ring (bicyclic) bond motifs is 1. The van der Waals surface area contributed by atoms with E-state index >= 15 is 0 Å². The molecule has 0 amide bonds. The van der Waals surface area contributed by atoms with E-state index in [0.29, 0.717) is 0 Å². The summed E-state index contributed by atoms with van der Waals surface area (Å²) in [5.41, 5.74) is 7.43. The maximum Gasteiger partial charge on any atom is 0.327 e. The second-order valence-corrected chi connectivity index (χ2v) is 3.33. The third-order valence-corrected chi connectivity index (χ3v) is 2.39. The van der Waals surface area contributed by atoms with Crippen molar-refractivity contribution in [3.63, 3.8) is 0 Å². The molecule has 2 rings (SSSR count). The summed E-state index contributed by atoms with van der Waals surface area (Å²) in [5.74, 6) is -0.430. The molecule has 3 N–H and O–H groups in total. The second-order valence-electron chi connectivity index (χ2n) is 3.33. The van der Waals surface area contributed by atoms with Crippen LogP contribution in [0.4, 0.5) is 0 Å². The summed E-state index contributed by atoms with van der Waals surface area (Å²) >= 11 is 0. The van der Waals surface area contributed by atoms with E-state index in [9.17, 15) is 4.79 Å². The number of aromatic nitrogens is 1. The highest BCUT2D eigenvalue weighted by atomic mass is 16.5. The molecule has 0 fully saturated rings. The number of carbonyl (C=O) groups is 1. The van der Waals surface area contributed by atoms with Crippen LogP contribution in [0, 0.1) is 0 Å². The minimum absolute atomic E-state index is 0.430. The minimum Gasteiger partial charge on any atom is -0.468 e. The average molecular weight is 204 g/mol. The smallest absolute Gasteiger partial charge is 0.327 e. The van der Waals surface area contributed by atoms with Crippen LogP contribution in [-0.4, -0.2) is 18.1 Å². The van der Waals surface area contributed by atoms with Crippen LogP contribution in [0.1, 0.15) is 11.6 Å². The van der Waals surface area contributed by atoms with Gasteiger partial charge in [0.1, 0.15) is 6.04 Å². The third-order valence-electron chi connectivity index (χ3n) is 2.39. The number of esters is 1. The second kappa shape index (κ2) is 3.74. The van der Waals surface area contributed by atoms with E-state index < -0.39 is 12.0 Å². The van der Waals surface area contributed by atoms with Crippen LogP contribution in [-0.2, 0) is 9.53 Å². The van der Waals surface area contributed by atoms with Gasteiger partial charge in [-0.1, -0.05) is 12.1 Å². The summed E-state index contributed by atoms with van der Waals surface area (Å²) in [6.07, 6.45) is 1.85. The SMILES string of the molecule is COC(=O)[C@H](N)c1ccc2cc[nH]c2c1. The molecule has 0 saturated heterocycles. The summed E-state index contributed by atoms with van der Waals surface area (Å²) < 4.78 is 4.59. The standard InChI is InChI=1S/C11H12N2O2/c1-15-11(14)10(12)8-3-2-7-4-5-13-9(7)6-8/h2-6,10,13H,12H2,1H3/t10-/m1/s1. The molecule has 0 bridgehead atoms. The van der Waals surface area contributed by atoms with Gasteiger partial charge >= 0.3 is 5.97 Å². The van der Waals surface area contributed by atoms with E-state index in [1.807, 2.05) is 30.5 Å². The molecule has 0 aliphatic rings. The van der Waals surface area contributed by atoms with Crippen molar-refractivity contribution in [3.05, 3.63) is 36.0 Å². The van der Waals surface area contributed by atoms with Crippen molar-refractivity contribution in [1.29, 1.82) is 0 Å². The summed E-state index contributed by atoms with van der Waals surface area (Å²) in [4.78, 5) is 14.3. The number of nitrogens with one attached hydrogen (secondary N) is 1. The number of ether oxygens (including phenoxy) is 1. The molecule has 0 aliphatic heterocycles. The highest BCUT2D eigenvalue weighted by molar-refractivity contribution is 5.83. The van der Waals surface area contributed by atoms with Crippen molar-refractivity contribution in [2.45, 2.75) is 6.04 Å². The van der Waals surface area contributed by atoms with Gasteiger partial charge in [0.15, 0.2) is 0 Å². The van der Waals surface area contributed by atoms with E-state index in [0.717, 1.165) is 16.5 Å². The number of methoxy groups -OCH3 is 1. The van der Waals surface area contributed by atoms with Crippen molar-refractivity contribution in [2.24, 2.45) is 5.73 Å². The molecule has 4 heteroatoms. The first-order valence-corrected chi connectivity index (χ1v) is 4.63. The van der Waals surface area contributed by atoms with Gasteiger partial charge in [-0.15, -0.1) is 0 Å². The molecule has 4 nitrogen and oxygen atoms in total. The zero-order valence-corrected chi connectivity index (χ0v) is 8.36. The van der Waals surface area contributed by atoms with Crippen LogP contribution >= 0.6 is 0 Å². The molecule has 15 heavy (non-hydrogen) atoms. The Labute approximate surface area is 87.0 Å². The fourth-order valence-electron chi connectivity index (χ4n) is 1.52. The van der Waals surface area contributed by atoms with E-state index in [2.05, 4.69) is 9.72 Å². The van der Waals surface area contributed by atoms with Crippen molar-refractivity contribution >= 4 is 16.9 Å². The Morgan fingerprint density at radius 3 is 3.00 bits per heavy atom. The van der Waals surface area contributed by atoms with Gasteiger partial charge in [0.2, 0.25) is 0 Å². The number of rotatable bonds is 2. The van der Waals surface area contributed by atoms with Crippen LogP contribution < -0.4 is 5.73 Å². The molecule has 0 saturated carbocycles. The lowest BCUT2D eigenvalue weighted by Crippen LogP contribution is -2.22. The lowest BCUT2D eigenvalue weighted by Gasteiger charge is -2.09. The molecule has 0 radical (unpaired) electrons. The quantitative estimate of drug-likeness (QED) is 0.725. The molecule has 0 spiro atoms. The van der Waals surface area contributed by atoms with Crippen LogP contribution in [0.15, 0.2) is 30.5 Å². The lowest BCUT2D eigenvalue weighted by molar-refractivity contribution is -0.142. The number of aromatic amines is 1. The fraction of sp³-hybridized carbons (Fsp3) is 0.182. The molecular formula is C11H12N2O2. The van der Waals surface area contributed by atoms with Gasteiger partial charge in [-0.3, -0.25) is 4.79 Å². The highest BCUT2D eigenvalue weighted by Gasteiger charge is 2.16. The zero-order valence-electron chi connectivity index (χ0n) is 8.36. The monoisotopic (exact) mass is 204 g/mol. The zero-order chi connectivity index (χ0) is 10.8. The first-order valence-electron chi connectivity index (χ1n) is 4.63. The van der Waals surface area contributed by atoms with E-state index in [-0.39, 0.29) is 0 Å². The third kappa shape index (κ3) is 1.71. The summed E-state index contributed by atoms with van der Waals surface area (Å²) in [6, 6.07) is 6.85. The largest absolute Gasteiger partial charge is 0.468 e. The molecule has 1 atom stereocenters. The number of hydrogen-bond donors (Lipinski definition) is 2. The van der Waals surface area contributed by atoms with Crippen molar-refractivity contribution in [2.75, 3.05) is 7.11 Å². The number of carbonyl (C=O) groups excluding carboxylic acids is 1. The van der Waals surface area contributed by atoms with Gasteiger partial charge in [-0.05, 0) is 23.1 Å². The Morgan fingerprint density at radius 1 is 1.47 bits per heavy atom. The molecule has 78 valence electrons. The minimum atomic E-state index is -0.720. The molecule has 0 unspecified atom stereocenters. The lowest BCUT2D eigenvalue weighted by atomic mass is 10.1. The van der Waals surface area contributed by atoms with Gasteiger partial charge in [0.25, 0.3) is 0 Å². The molecule has 1 aromatic carbocycles. The van der Waals surface area contributed by atoms with Gasteiger partial charge < -0.3 is 15.5 Å². The van der Waals surface area contributed by atoms with Crippen LogP contribution in [0.5, 0.6) is 0 Å². The molecule has 1 aromatic heterocycles. The van der Waals surface area contributed by atoms with Gasteiger partial charge in [0.05, 0.1) is 7.11 Å². The van der Waals surface area contributed by atoms with Crippen molar-refractivity contribution < 1.29 is 9.53 Å². The molecule has 1 heterocycles. The molecular weight excluding hydrogens is 192 g/mol. The van der Waals surface area contributed by atoms with E-state index in [4.69, 9.17) is 5.73 Å². The Hall–Kier alpha value is -1.81. The van der Waals surface area contributed by atoms with E-state index in [1.54, 1.807) is 0 Å². The summed E-state index contributed by atoms with van der Waals surface area (Å²) in [7, 11) is 1.33. The average Bonchev–Trinajstić information content (AvgIpc) is 2.73. The topological polar surface area (TPSA) is 68.1 Å². The Balaban J connectivity index is 2.39. The van der Waals surface area contributed by atoms with Crippen molar-refractivity contribution in [1.82, 2.24) is 4.98 Å². The molecule has 2 aromatic rings. The van der Waals surface area contributed by atoms with Crippen molar-refractivity contribution in [3.8, 4) is 0 Å².